The van der Waals surface area contributed by atoms with Crippen LogP contribution in [0.1, 0.15) is 38.5 Å². The zero-order valence-corrected chi connectivity index (χ0v) is 10.3. The smallest absolute Gasteiger partial charge is 0.109 e. The molecule has 0 bridgehead atoms. The molecular formula is C13H22N2O. The fourth-order valence-electron chi connectivity index (χ4n) is 1.84. The summed E-state index contributed by atoms with van der Waals surface area (Å²) in [6.07, 6.45) is 3.49. The van der Waals surface area contributed by atoms with Crippen LogP contribution in [0.5, 0.6) is 0 Å². The number of hydrogen-bond acceptors (Lipinski definition) is 3. The van der Waals surface area contributed by atoms with Gasteiger partial charge in [-0.1, -0.05) is 19.9 Å². The van der Waals surface area contributed by atoms with E-state index in [9.17, 15) is 5.11 Å². The predicted octanol–water partition coefficient (Wildman–Crippen LogP) is 2.24. The topological polar surface area (TPSA) is 36.4 Å². The second-order valence-corrected chi connectivity index (χ2v) is 4.07. The third-order valence-electron chi connectivity index (χ3n) is 2.54. The van der Waals surface area contributed by atoms with E-state index >= 15 is 0 Å². The van der Waals surface area contributed by atoms with Gasteiger partial charge in [-0.25, -0.2) is 0 Å². The van der Waals surface area contributed by atoms with Gasteiger partial charge in [0.25, 0.3) is 0 Å². The Balaban J connectivity index is 2.50. The zero-order chi connectivity index (χ0) is 11.8. The van der Waals surface area contributed by atoms with Crippen LogP contribution in [0, 0.1) is 0 Å². The molecule has 0 fully saturated rings. The number of rotatable bonds is 7. The summed E-state index contributed by atoms with van der Waals surface area (Å²) in [6, 6.07) is 5.66. The molecule has 90 valence electrons. The third-order valence-corrected chi connectivity index (χ3v) is 2.54. The van der Waals surface area contributed by atoms with E-state index in [4.69, 9.17) is 0 Å². The zero-order valence-electron chi connectivity index (χ0n) is 10.3. The molecule has 0 aromatic carbocycles. The summed E-state index contributed by atoms with van der Waals surface area (Å²) in [4.78, 5) is 6.47. The molecule has 1 heterocycles. The van der Waals surface area contributed by atoms with Crippen LogP contribution in [-0.4, -0.2) is 34.6 Å². The number of nitrogens with zero attached hydrogens (tertiary/aromatic N) is 2. The van der Waals surface area contributed by atoms with Crippen molar-refractivity contribution in [3.05, 3.63) is 30.1 Å². The van der Waals surface area contributed by atoms with Crippen LogP contribution < -0.4 is 0 Å². The summed E-state index contributed by atoms with van der Waals surface area (Å²) in [5, 5.41) is 10.0. The molecule has 0 spiro atoms. The Labute approximate surface area is 98.1 Å². The Morgan fingerprint density at radius 2 is 1.94 bits per heavy atom. The van der Waals surface area contributed by atoms with Gasteiger partial charge in [0.1, 0.15) is 6.10 Å². The van der Waals surface area contributed by atoms with Crippen molar-refractivity contribution in [2.45, 2.75) is 32.8 Å². The monoisotopic (exact) mass is 222 g/mol. The van der Waals surface area contributed by atoms with Gasteiger partial charge in [0.2, 0.25) is 0 Å². The molecule has 16 heavy (non-hydrogen) atoms. The lowest BCUT2D eigenvalue weighted by atomic mass is 10.2. The van der Waals surface area contributed by atoms with Gasteiger partial charge in [0.15, 0.2) is 0 Å². The molecule has 0 amide bonds. The third kappa shape index (κ3) is 4.29. The first-order valence-corrected chi connectivity index (χ1v) is 6.09. The molecule has 1 rings (SSSR count). The molecule has 3 nitrogen and oxygen atoms in total. The predicted molar refractivity (Wildman–Crippen MR) is 66.2 cm³/mol. The molecule has 0 aliphatic rings. The summed E-state index contributed by atoms with van der Waals surface area (Å²) >= 11 is 0. The second-order valence-electron chi connectivity index (χ2n) is 4.07. The number of aliphatic hydroxyl groups is 1. The van der Waals surface area contributed by atoms with E-state index in [2.05, 4.69) is 23.7 Å². The minimum absolute atomic E-state index is 0.473. The maximum atomic E-state index is 10.0. The molecule has 0 aliphatic heterocycles. The lowest BCUT2D eigenvalue weighted by molar-refractivity contribution is 0.109. The van der Waals surface area contributed by atoms with Crippen LogP contribution in [-0.2, 0) is 0 Å². The average molecular weight is 222 g/mol. The van der Waals surface area contributed by atoms with Crippen LogP contribution in [0.4, 0.5) is 0 Å². The Morgan fingerprint density at radius 1 is 1.25 bits per heavy atom. The second kappa shape index (κ2) is 7.36. The van der Waals surface area contributed by atoms with Crippen molar-refractivity contribution in [1.29, 1.82) is 0 Å². The van der Waals surface area contributed by atoms with E-state index in [1.807, 2.05) is 18.2 Å². The lowest BCUT2D eigenvalue weighted by Gasteiger charge is -2.23. The molecule has 1 unspecified atom stereocenters. The van der Waals surface area contributed by atoms with E-state index in [1.54, 1.807) is 6.20 Å². The van der Waals surface area contributed by atoms with Crippen molar-refractivity contribution < 1.29 is 5.11 Å². The van der Waals surface area contributed by atoms with Crippen molar-refractivity contribution in [3.8, 4) is 0 Å². The van der Waals surface area contributed by atoms with Gasteiger partial charge in [-0.3, -0.25) is 4.98 Å². The van der Waals surface area contributed by atoms with E-state index < -0.39 is 6.10 Å². The summed E-state index contributed by atoms with van der Waals surface area (Å²) in [5.41, 5.74) is 0.764. The molecule has 0 saturated heterocycles. The van der Waals surface area contributed by atoms with E-state index in [1.165, 1.54) is 0 Å². The van der Waals surface area contributed by atoms with Crippen LogP contribution in [0.2, 0.25) is 0 Å². The van der Waals surface area contributed by atoms with Crippen LogP contribution >= 0.6 is 0 Å². The summed E-state index contributed by atoms with van der Waals surface area (Å²) < 4.78 is 0. The molecule has 0 saturated carbocycles. The Morgan fingerprint density at radius 3 is 2.44 bits per heavy atom. The van der Waals surface area contributed by atoms with E-state index in [0.29, 0.717) is 6.54 Å². The summed E-state index contributed by atoms with van der Waals surface area (Å²) in [5.74, 6) is 0. The first-order valence-electron chi connectivity index (χ1n) is 6.09. The minimum atomic E-state index is -0.473. The molecule has 1 atom stereocenters. The Kier molecular flexibility index (Phi) is 6.04. The van der Waals surface area contributed by atoms with Crippen LogP contribution in [0.3, 0.4) is 0 Å². The maximum absolute atomic E-state index is 10.0. The molecule has 3 heteroatoms. The average Bonchev–Trinajstić information content (AvgIpc) is 2.31. The largest absolute Gasteiger partial charge is 0.385 e. The molecule has 1 aromatic rings. The number of aliphatic hydroxyl groups excluding tert-OH is 1. The molecule has 0 aliphatic carbocycles. The summed E-state index contributed by atoms with van der Waals surface area (Å²) in [6.45, 7) is 7.08. The highest BCUT2D eigenvalue weighted by Gasteiger charge is 2.12. The van der Waals surface area contributed by atoms with E-state index in [-0.39, 0.29) is 0 Å². The van der Waals surface area contributed by atoms with Gasteiger partial charge in [0, 0.05) is 12.7 Å². The fraction of sp³-hybridized carbons (Fsp3) is 0.615. The Hall–Kier alpha value is -0.930. The fourth-order valence-corrected chi connectivity index (χ4v) is 1.84. The number of hydrogen-bond donors (Lipinski definition) is 1. The highest BCUT2D eigenvalue weighted by atomic mass is 16.3. The van der Waals surface area contributed by atoms with Crippen molar-refractivity contribution in [3.63, 3.8) is 0 Å². The van der Waals surface area contributed by atoms with E-state index in [0.717, 1.165) is 31.6 Å². The van der Waals surface area contributed by atoms with Crippen molar-refractivity contribution in [2.24, 2.45) is 0 Å². The first kappa shape index (κ1) is 13.1. The highest BCUT2D eigenvalue weighted by molar-refractivity contribution is 5.06. The molecule has 1 aromatic heterocycles. The van der Waals surface area contributed by atoms with Crippen LogP contribution in [0.15, 0.2) is 24.4 Å². The Bertz CT molecular complexity index is 271. The van der Waals surface area contributed by atoms with Crippen molar-refractivity contribution in [1.82, 2.24) is 9.88 Å². The highest BCUT2D eigenvalue weighted by Crippen LogP contribution is 2.11. The lowest BCUT2D eigenvalue weighted by Crippen LogP contribution is -2.30. The normalized spacial score (nSPS) is 13.0. The van der Waals surface area contributed by atoms with Gasteiger partial charge in [0.05, 0.1) is 5.69 Å². The standard InChI is InChI=1S/C13H22N2O/c1-3-9-15(10-4-2)11-13(16)12-7-5-6-8-14-12/h5-8,13,16H,3-4,9-11H2,1-2H3. The van der Waals surface area contributed by atoms with Gasteiger partial charge in [-0.15, -0.1) is 0 Å². The SMILES string of the molecule is CCCN(CCC)CC(O)c1ccccn1. The van der Waals surface area contributed by atoms with Gasteiger partial charge in [-0.05, 0) is 38.1 Å². The van der Waals surface area contributed by atoms with Gasteiger partial charge in [-0.2, -0.15) is 0 Å². The summed E-state index contributed by atoms with van der Waals surface area (Å²) in [7, 11) is 0. The number of pyridine rings is 1. The molecule has 1 N–H and O–H groups in total. The minimum Gasteiger partial charge on any atom is -0.385 e. The number of aromatic nitrogens is 1. The quantitative estimate of drug-likeness (QED) is 0.768. The van der Waals surface area contributed by atoms with Gasteiger partial charge < -0.3 is 10.0 Å². The molecule has 0 radical (unpaired) electrons. The first-order chi connectivity index (χ1) is 7.77. The van der Waals surface area contributed by atoms with Gasteiger partial charge >= 0.3 is 0 Å². The van der Waals surface area contributed by atoms with Crippen molar-refractivity contribution >= 4 is 0 Å². The van der Waals surface area contributed by atoms with Crippen LogP contribution in [0.25, 0.3) is 0 Å². The van der Waals surface area contributed by atoms with Crippen molar-refractivity contribution in [2.75, 3.05) is 19.6 Å². The molecular weight excluding hydrogens is 200 g/mol. The maximum Gasteiger partial charge on any atom is 0.109 e.